The quantitative estimate of drug-likeness (QED) is 0.154. The van der Waals surface area contributed by atoms with E-state index in [-0.39, 0.29) is 0 Å². The highest BCUT2D eigenvalue weighted by molar-refractivity contribution is 4.94. The summed E-state index contributed by atoms with van der Waals surface area (Å²) >= 11 is 0. The third-order valence-corrected chi connectivity index (χ3v) is 6.07. The molecule has 200 valence electrons. The predicted molar refractivity (Wildman–Crippen MR) is 101 cm³/mol. The van der Waals surface area contributed by atoms with Gasteiger partial charge in [-0.05, 0) is 0 Å². The van der Waals surface area contributed by atoms with Gasteiger partial charge in [-0.1, -0.05) is 0 Å². The van der Waals surface area contributed by atoms with Crippen LogP contribution >= 0.6 is 0 Å². The minimum Gasteiger partial charge on any atom is -0.394 e. The van der Waals surface area contributed by atoms with Gasteiger partial charge in [0, 0.05) is 0 Å². The Morgan fingerprint density at radius 3 is 1.62 bits per heavy atom. The molecule has 3 heterocycles. The Morgan fingerprint density at radius 2 is 1.03 bits per heavy atom. The van der Waals surface area contributed by atoms with Crippen LogP contribution in [0.5, 0.6) is 0 Å². The van der Waals surface area contributed by atoms with Gasteiger partial charge < -0.3 is 79.9 Å². The Hall–Kier alpha value is -0.640. The molecule has 3 rings (SSSR count). The molecule has 11 N–H and O–H groups in total. The van der Waals surface area contributed by atoms with Crippen molar-refractivity contribution >= 4 is 0 Å². The third kappa shape index (κ3) is 5.52. The SMILES string of the molecule is OC[C@H]1O[C@@H](OC[C@H]2O[C@@H](O[C@@H]3[C@H](O)[C@@H](O)C(O)O[C@@H]3CO)[C@H](O)[C@@H](O)[C@H]2O)[C@H](O)[C@@H](O)[C@H]1O. The van der Waals surface area contributed by atoms with E-state index in [0.717, 1.165) is 0 Å². The van der Waals surface area contributed by atoms with Crippen molar-refractivity contribution in [2.75, 3.05) is 19.8 Å². The molecule has 0 spiro atoms. The van der Waals surface area contributed by atoms with Gasteiger partial charge in [0.2, 0.25) is 0 Å². The lowest BCUT2D eigenvalue weighted by atomic mass is 9.97. The lowest BCUT2D eigenvalue weighted by Gasteiger charge is -2.45. The van der Waals surface area contributed by atoms with Crippen molar-refractivity contribution in [1.29, 1.82) is 0 Å². The molecule has 0 saturated carbocycles. The van der Waals surface area contributed by atoms with Crippen molar-refractivity contribution in [3.05, 3.63) is 0 Å². The predicted octanol–water partition coefficient (Wildman–Crippen LogP) is -7.57. The minimum absolute atomic E-state index is 0.609. The van der Waals surface area contributed by atoms with Gasteiger partial charge in [-0.2, -0.15) is 0 Å². The molecule has 34 heavy (non-hydrogen) atoms. The van der Waals surface area contributed by atoms with Crippen LogP contribution < -0.4 is 0 Å². The number of aliphatic hydroxyl groups is 11. The lowest BCUT2D eigenvalue weighted by molar-refractivity contribution is -0.362. The van der Waals surface area contributed by atoms with Gasteiger partial charge in [0.15, 0.2) is 18.9 Å². The first-order valence-corrected chi connectivity index (χ1v) is 10.6. The molecule has 16 nitrogen and oxygen atoms in total. The van der Waals surface area contributed by atoms with Crippen LogP contribution in [-0.4, -0.2) is 168 Å². The van der Waals surface area contributed by atoms with E-state index in [1.807, 2.05) is 0 Å². The van der Waals surface area contributed by atoms with Gasteiger partial charge in [0.25, 0.3) is 0 Å². The average molecular weight is 504 g/mol. The number of hydrogen-bond donors (Lipinski definition) is 11. The number of aliphatic hydroxyl groups excluding tert-OH is 11. The van der Waals surface area contributed by atoms with E-state index in [9.17, 15) is 56.2 Å². The Bertz CT molecular complexity index is 637. The van der Waals surface area contributed by atoms with Crippen LogP contribution in [0.25, 0.3) is 0 Å². The zero-order valence-electron chi connectivity index (χ0n) is 17.7. The smallest absolute Gasteiger partial charge is 0.187 e. The van der Waals surface area contributed by atoms with E-state index < -0.39 is 112 Å². The molecular weight excluding hydrogens is 472 g/mol. The van der Waals surface area contributed by atoms with Crippen LogP contribution in [0.15, 0.2) is 0 Å². The van der Waals surface area contributed by atoms with Gasteiger partial charge in [-0.25, -0.2) is 0 Å². The second-order valence-electron chi connectivity index (χ2n) is 8.37. The minimum atomic E-state index is -1.87. The summed E-state index contributed by atoms with van der Waals surface area (Å²) in [6.07, 6.45) is -24.9. The topological polar surface area (TPSA) is 269 Å². The second kappa shape index (κ2) is 11.6. The van der Waals surface area contributed by atoms with Gasteiger partial charge in [0.1, 0.15) is 73.2 Å². The van der Waals surface area contributed by atoms with Crippen molar-refractivity contribution in [2.24, 2.45) is 0 Å². The van der Waals surface area contributed by atoms with E-state index in [1.54, 1.807) is 0 Å². The molecule has 0 bridgehead atoms. The highest BCUT2D eigenvalue weighted by Gasteiger charge is 2.51. The summed E-state index contributed by atoms with van der Waals surface area (Å²) in [4.78, 5) is 0. The fraction of sp³-hybridized carbons (Fsp3) is 1.00. The molecule has 1 unspecified atom stereocenters. The Labute approximate surface area is 192 Å². The Balaban J connectivity index is 1.66. The number of hydrogen-bond acceptors (Lipinski definition) is 16. The average Bonchev–Trinajstić information content (AvgIpc) is 2.82. The molecule has 3 aliphatic rings. The summed E-state index contributed by atoms with van der Waals surface area (Å²) < 4.78 is 26.3. The van der Waals surface area contributed by atoms with E-state index in [4.69, 9.17) is 23.7 Å². The number of ether oxygens (including phenoxy) is 5. The van der Waals surface area contributed by atoms with Crippen LogP contribution in [0.4, 0.5) is 0 Å². The molecule has 15 atom stereocenters. The summed E-state index contributed by atoms with van der Waals surface area (Å²) in [5.41, 5.74) is 0. The van der Waals surface area contributed by atoms with Crippen LogP contribution in [-0.2, 0) is 23.7 Å². The summed E-state index contributed by atoms with van der Waals surface area (Å²) in [6.45, 7) is -2.07. The first-order chi connectivity index (χ1) is 16.0. The van der Waals surface area contributed by atoms with Crippen molar-refractivity contribution < 1.29 is 79.9 Å². The van der Waals surface area contributed by atoms with E-state index in [0.29, 0.717) is 0 Å². The summed E-state index contributed by atoms with van der Waals surface area (Å²) in [6, 6.07) is 0. The largest absolute Gasteiger partial charge is 0.394 e. The fourth-order valence-corrected chi connectivity index (χ4v) is 3.95. The maximum absolute atomic E-state index is 10.3. The molecule has 0 radical (unpaired) electrons. The summed E-state index contributed by atoms with van der Waals surface area (Å²) in [5, 5.41) is 109. The molecule has 0 aromatic heterocycles. The van der Waals surface area contributed by atoms with Crippen molar-refractivity contribution in [2.45, 2.75) is 92.1 Å². The van der Waals surface area contributed by atoms with Crippen LogP contribution in [0.2, 0.25) is 0 Å². The van der Waals surface area contributed by atoms with Crippen molar-refractivity contribution in [3.8, 4) is 0 Å². The van der Waals surface area contributed by atoms with E-state index in [1.165, 1.54) is 0 Å². The lowest BCUT2D eigenvalue weighted by Crippen LogP contribution is -2.65. The first kappa shape index (κ1) is 27.9. The summed E-state index contributed by atoms with van der Waals surface area (Å²) in [5.74, 6) is 0. The third-order valence-electron chi connectivity index (χ3n) is 6.07. The zero-order chi connectivity index (χ0) is 25.3. The standard InChI is InChI=1S/C18H32O16/c19-1-4-7(21)9(23)13(27)17(32-4)30-3-6-8(22)10(24)14(28)18(33-6)34-15-5(2-20)31-16(29)12(26)11(15)25/h4-29H,1-3H2/t4-,5-,6-,7+,8+,9+,10+,11-,12-,13-,14-,15+,16?,17-,18+/m1/s1. The molecule has 3 fully saturated rings. The molecule has 16 heteroatoms. The molecule has 0 amide bonds. The first-order valence-electron chi connectivity index (χ1n) is 10.6. The van der Waals surface area contributed by atoms with Gasteiger partial charge in [0.05, 0.1) is 19.8 Å². The van der Waals surface area contributed by atoms with Gasteiger partial charge in [-0.15, -0.1) is 0 Å². The molecule has 3 saturated heterocycles. The highest BCUT2D eigenvalue weighted by atomic mass is 16.7. The van der Waals surface area contributed by atoms with Crippen LogP contribution in [0.1, 0.15) is 0 Å². The van der Waals surface area contributed by atoms with Crippen molar-refractivity contribution in [1.82, 2.24) is 0 Å². The molecule has 0 aliphatic carbocycles. The zero-order valence-corrected chi connectivity index (χ0v) is 17.7. The fourth-order valence-electron chi connectivity index (χ4n) is 3.95. The second-order valence-corrected chi connectivity index (χ2v) is 8.37. The van der Waals surface area contributed by atoms with Gasteiger partial charge in [-0.3, -0.25) is 0 Å². The van der Waals surface area contributed by atoms with Crippen LogP contribution in [0, 0.1) is 0 Å². The van der Waals surface area contributed by atoms with Crippen molar-refractivity contribution in [3.63, 3.8) is 0 Å². The summed E-state index contributed by atoms with van der Waals surface area (Å²) in [7, 11) is 0. The monoisotopic (exact) mass is 504 g/mol. The Morgan fingerprint density at radius 1 is 0.500 bits per heavy atom. The van der Waals surface area contributed by atoms with E-state index >= 15 is 0 Å². The molecule has 3 aliphatic heterocycles. The maximum atomic E-state index is 10.3. The van der Waals surface area contributed by atoms with E-state index in [2.05, 4.69) is 0 Å². The Kier molecular flexibility index (Phi) is 9.54. The molecule has 0 aromatic carbocycles. The maximum Gasteiger partial charge on any atom is 0.187 e. The highest BCUT2D eigenvalue weighted by Crippen LogP contribution is 2.29. The van der Waals surface area contributed by atoms with Gasteiger partial charge >= 0.3 is 0 Å². The number of rotatable bonds is 7. The normalized spacial score (nSPS) is 52.5. The molecule has 0 aromatic rings. The van der Waals surface area contributed by atoms with Crippen LogP contribution in [0.3, 0.4) is 0 Å². The molecular formula is C18H32O16.